The van der Waals surface area contributed by atoms with E-state index in [1.165, 1.54) is 6.42 Å². The lowest BCUT2D eigenvalue weighted by Gasteiger charge is -2.37. The molecule has 0 bridgehead atoms. The highest BCUT2D eigenvalue weighted by Gasteiger charge is 2.25. The van der Waals surface area contributed by atoms with Gasteiger partial charge in [0.2, 0.25) is 5.91 Å². The van der Waals surface area contributed by atoms with Crippen molar-refractivity contribution in [3.8, 4) is 0 Å². The molecule has 3 amide bonds. The maximum absolute atomic E-state index is 11.3. The fraction of sp³-hybridized carbons (Fsp3) is 0.818. The highest BCUT2D eigenvalue weighted by Crippen LogP contribution is 2.18. The fourth-order valence-electron chi connectivity index (χ4n) is 2.33. The van der Waals surface area contributed by atoms with E-state index in [9.17, 15) is 9.59 Å². The zero-order chi connectivity index (χ0) is 12.8. The lowest BCUT2D eigenvalue weighted by atomic mass is 9.97. The molecule has 1 heterocycles. The molecule has 1 aliphatic heterocycles. The summed E-state index contributed by atoms with van der Waals surface area (Å²) in [5, 5.41) is 2.07. The average Bonchev–Trinajstić information content (AvgIpc) is 2.25. The van der Waals surface area contributed by atoms with Crippen LogP contribution < -0.4 is 16.8 Å². The van der Waals surface area contributed by atoms with Crippen LogP contribution in [-0.2, 0) is 4.79 Å². The molecular weight excluding hydrogens is 256 g/mol. The topological polar surface area (TPSA) is 101 Å². The van der Waals surface area contributed by atoms with Crippen molar-refractivity contribution >= 4 is 24.3 Å². The number of carbonyl (C=O) groups is 2. The van der Waals surface area contributed by atoms with Crippen molar-refractivity contribution in [3.05, 3.63) is 0 Å². The molecule has 0 spiro atoms. The Kier molecular flexibility index (Phi) is 7.90. The Bertz CT molecular complexity index is 286. The molecule has 7 heteroatoms. The molecule has 106 valence electrons. The van der Waals surface area contributed by atoms with Crippen LogP contribution in [0.5, 0.6) is 0 Å². The maximum atomic E-state index is 11.3. The van der Waals surface area contributed by atoms with Crippen LogP contribution in [0.15, 0.2) is 0 Å². The number of nitrogens with two attached hydrogens (primary N) is 2. The van der Waals surface area contributed by atoms with Crippen molar-refractivity contribution < 1.29 is 9.59 Å². The summed E-state index contributed by atoms with van der Waals surface area (Å²) in [6.07, 6.45) is 3.69. The van der Waals surface area contributed by atoms with E-state index in [2.05, 4.69) is 10.2 Å². The molecule has 0 radical (unpaired) electrons. The van der Waals surface area contributed by atoms with Crippen LogP contribution in [0.2, 0.25) is 0 Å². The zero-order valence-corrected chi connectivity index (χ0v) is 11.5. The molecule has 5 N–H and O–H groups in total. The summed E-state index contributed by atoms with van der Waals surface area (Å²) in [4.78, 5) is 24.0. The van der Waals surface area contributed by atoms with Gasteiger partial charge in [0.25, 0.3) is 0 Å². The summed E-state index contributed by atoms with van der Waals surface area (Å²) in [6.45, 7) is 3.59. The van der Waals surface area contributed by atoms with Gasteiger partial charge in [-0.15, -0.1) is 12.4 Å². The molecule has 0 aromatic heterocycles. The van der Waals surface area contributed by atoms with E-state index in [0.717, 1.165) is 19.4 Å². The Hall–Kier alpha value is -0.850. The third kappa shape index (κ3) is 5.66. The Morgan fingerprint density at radius 3 is 2.67 bits per heavy atom. The second-order valence-electron chi connectivity index (χ2n) is 4.62. The molecule has 0 saturated carbocycles. The highest BCUT2D eigenvalue weighted by atomic mass is 35.5. The Morgan fingerprint density at radius 2 is 2.11 bits per heavy atom. The minimum Gasteiger partial charge on any atom is -0.351 e. The van der Waals surface area contributed by atoms with Gasteiger partial charge in [-0.3, -0.25) is 15.0 Å². The standard InChI is InChI=1S/C11H22N4O2.ClH/c1-8(12)9-4-2-3-6-15(9)7-5-10(16)14-11(13)17;/h8-9H,2-7,12H2,1H3,(H3,13,14,16,17);1H. The molecule has 1 fully saturated rings. The summed E-state index contributed by atoms with van der Waals surface area (Å²) in [6, 6.07) is -0.350. The van der Waals surface area contributed by atoms with Crippen LogP contribution >= 0.6 is 12.4 Å². The number of nitrogens with one attached hydrogen (secondary N) is 1. The smallest absolute Gasteiger partial charge is 0.318 e. The molecule has 0 aromatic rings. The largest absolute Gasteiger partial charge is 0.351 e. The summed E-state index contributed by atoms with van der Waals surface area (Å²) in [5.41, 5.74) is 10.8. The summed E-state index contributed by atoms with van der Waals surface area (Å²) in [7, 11) is 0. The number of carbonyl (C=O) groups excluding carboxylic acids is 2. The Morgan fingerprint density at radius 1 is 1.44 bits per heavy atom. The predicted molar refractivity (Wildman–Crippen MR) is 72.5 cm³/mol. The maximum Gasteiger partial charge on any atom is 0.318 e. The zero-order valence-electron chi connectivity index (χ0n) is 10.7. The van der Waals surface area contributed by atoms with Crippen LogP contribution in [0, 0.1) is 0 Å². The lowest BCUT2D eigenvalue weighted by molar-refractivity contribution is -0.120. The first kappa shape index (κ1) is 17.2. The normalized spacial score (nSPS) is 21.8. The predicted octanol–water partition coefficient (Wildman–Crippen LogP) is 0.195. The van der Waals surface area contributed by atoms with Crippen LogP contribution in [0.4, 0.5) is 4.79 Å². The lowest BCUT2D eigenvalue weighted by Crippen LogP contribution is -2.50. The van der Waals surface area contributed by atoms with Gasteiger partial charge in [-0.05, 0) is 26.3 Å². The van der Waals surface area contributed by atoms with E-state index < -0.39 is 6.03 Å². The van der Waals surface area contributed by atoms with Gasteiger partial charge in [0, 0.05) is 25.0 Å². The van der Waals surface area contributed by atoms with E-state index in [1.54, 1.807) is 0 Å². The highest BCUT2D eigenvalue weighted by molar-refractivity contribution is 5.93. The van der Waals surface area contributed by atoms with Crippen LogP contribution in [0.1, 0.15) is 32.6 Å². The minimum atomic E-state index is -0.794. The van der Waals surface area contributed by atoms with E-state index in [4.69, 9.17) is 11.5 Å². The molecule has 1 saturated heterocycles. The molecule has 1 rings (SSSR count). The van der Waals surface area contributed by atoms with Gasteiger partial charge in [0.1, 0.15) is 0 Å². The summed E-state index contributed by atoms with van der Waals surface area (Å²) in [5.74, 6) is -0.327. The van der Waals surface area contributed by atoms with Gasteiger partial charge < -0.3 is 11.5 Å². The minimum absolute atomic E-state index is 0. The van der Waals surface area contributed by atoms with E-state index in [-0.39, 0.29) is 30.8 Å². The Labute approximate surface area is 114 Å². The first-order valence-electron chi connectivity index (χ1n) is 6.09. The molecule has 18 heavy (non-hydrogen) atoms. The van der Waals surface area contributed by atoms with Crippen molar-refractivity contribution in [1.82, 2.24) is 10.2 Å². The number of primary amides is 1. The summed E-state index contributed by atoms with van der Waals surface area (Å²) >= 11 is 0. The van der Waals surface area contributed by atoms with Crippen molar-refractivity contribution in [2.45, 2.75) is 44.7 Å². The van der Waals surface area contributed by atoms with Crippen molar-refractivity contribution in [1.29, 1.82) is 0 Å². The molecule has 1 aliphatic rings. The van der Waals surface area contributed by atoms with Crippen molar-refractivity contribution in [2.24, 2.45) is 11.5 Å². The van der Waals surface area contributed by atoms with Crippen LogP contribution in [0.25, 0.3) is 0 Å². The number of likely N-dealkylation sites (tertiary alicyclic amines) is 1. The number of amides is 3. The monoisotopic (exact) mass is 278 g/mol. The number of rotatable bonds is 4. The Balaban J connectivity index is 0.00000289. The van der Waals surface area contributed by atoms with Gasteiger partial charge in [0.05, 0.1) is 0 Å². The third-order valence-corrected chi connectivity index (χ3v) is 3.16. The molecule has 6 nitrogen and oxygen atoms in total. The number of hydrogen-bond acceptors (Lipinski definition) is 4. The fourth-order valence-corrected chi connectivity index (χ4v) is 2.33. The number of halogens is 1. The third-order valence-electron chi connectivity index (χ3n) is 3.16. The second kappa shape index (κ2) is 8.29. The average molecular weight is 279 g/mol. The SMILES string of the molecule is CC(N)C1CCCCN1CCC(=O)NC(N)=O.Cl. The molecule has 0 aliphatic carbocycles. The van der Waals surface area contributed by atoms with E-state index in [1.807, 2.05) is 6.92 Å². The molecule has 2 atom stereocenters. The first-order valence-corrected chi connectivity index (χ1v) is 6.09. The molecule has 2 unspecified atom stereocenters. The number of piperidine rings is 1. The van der Waals surface area contributed by atoms with E-state index in [0.29, 0.717) is 12.6 Å². The molecule has 0 aromatic carbocycles. The number of imide groups is 1. The van der Waals surface area contributed by atoms with E-state index >= 15 is 0 Å². The van der Waals surface area contributed by atoms with Crippen LogP contribution in [0.3, 0.4) is 0 Å². The van der Waals surface area contributed by atoms with Gasteiger partial charge in [-0.1, -0.05) is 6.42 Å². The quantitative estimate of drug-likeness (QED) is 0.683. The van der Waals surface area contributed by atoms with Crippen molar-refractivity contribution in [3.63, 3.8) is 0 Å². The number of urea groups is 1. The first-order chi connectivity index (χ1) is 8.00. The van der Waals surface area contributed by atoms with Gasteiger partial charge in [-0.2, -0.15) is 0 Å². The number of hydrogen-bond donors (Lipinski definition) is 3. The van der Waals surface area contributed by atoms with Gasteiger partial charge >= 0.3 is 6.03 Å². The number of nitrogens with zero attached hydrogens (tertiary/aromatic N) is 1. The van der Waals surface area contributed by atoms with Crippen molar-refractivity contribution in [2.75, 3.05) is 13.1 Å². The van der Waals surface area contributed by atoms with Gasteiger partial charge in [-0.25, -0.2) is 4.79 Å². The van der Waals surface area contributed by atoms with Gasteiger partial charge in [0.15, 0.2) is 0 Å². The molecular formula is C11H23ClN4O2. The summed E-state index contributed by atoms with van der Waals surface area (Å²) < 4.78 is 0. The second-order valence-corrected chi connectivity index (χ2v) is 4.62. The van der Waals surface area contributed by atoms with Crippen LogP contribution in [-0.4, -0.2) is 42.0 Å².